The molecule has 0 radical (unpaired) electrons. The second-order valence-electron chi connectivity index (χ2n) is 18.5. The molecule has 5 atom stereocenters. The monoisotopic (exact) mass is 994 g/mol. The van der Waals surface area contributed by atoms with Crippen LogP contribution in [0, 0.1) is 10.8 Å². The van der Waals surface area contributed by atoms with Gasteiger partial charge in [0.25, 0.3) is 5.91 Å². The summed E-state index contributed by atoms with van der Waals surface area (Å²) >= 11 is 0. The van der Waals surface area contributed by atoms with Crippen LogP contribution in [-0.2, 0) is 52.8 Å². The molecule has 69 heavy (non-hydrogen) atoms. The van der Waals surface area contributed by atoms with Crippen molar-refractivity contribution in [2.45, 2.75) is 91.2 Å². The number of pyridine rings is 1. The van der Waals surface area contributed by atoms with E-state index >= 15 is 0 Å². The van der Waals surface area contributed by atoms with Gasteiger partial charge in [-0.05, 0) is 52.5 Å². The van der Waals surface area contributed by atoms with Crippen LogP contribution in [0.3, 0.4) is 0 Å². The van der Waals surface area contributed by atoms with Crippen molar-refractivity contribution in [3.05, 3.63) is 126 Å². The Morgan fingerprint density at radius 3 is 1.65 bits per heavy atom. The number of ether oxygens (including phenoxy) is 3. The minimum Gasteiger partial charge on any atom is -0.457 e. The van der Waals surface area contributed by atoms with Crippen molar-refractivity contribution in [3.8, 4) is 11.3 Å². The first kappa shape index (κ1) is 58.9. The van der Waals surface area contributed by atoms with E-state index in [-0.39, 0.29) is 50.7 Å². The summed E-state index contributed by atoms with van der Waals surface area (Å²) in [6.45, 7) is 9.97. The summed E-state index contributed by atoms with van der Waals surface area (Å²) in [4.78, 5) is 87.2. The number of methoxy groups -OCH3 is 2. The number of benzene rings is 3. The van der Waals surface area contributed by atoms with Crippen molar-refractivity contribution in [2.24, 2.45) is 16.6 Å². The van der Waals surface area contributed by atoms with Gasteiger partial charge in [-0.15, -0.1) is 24.8 Å². The summed E-state index contributed by atoms with van der Waals surface area (Å²) in [5.74, 6) is -2.53. The lowest BCUT2D eigenvalue weighted by Gasteiger charge is -2.37. The fourth-order valence-electron chi connectivity index (χ4n) is 7.20. The normalized spacial score (nSPS) is 13.3. The van der Waals surface area contributed by atoms with Crippen LogP contribution < -0.4 is 27.1 Å². The molecule has 376 valence electrons. The van der Waals surface area contributed by atoms with Crippen LogP contribution in [0.5, 0.6) is 0 Å². The summed E-state index contributed by atoms with van der Waals surface area (Å²) in [6.07, 6.45) is -0.840. The third kappa shape index (κ3) is 19.0. The Hall–Kier alpha value is -6.27. The zero-order valence-corrected chi connectivity index (χ0v) is 42.4. The fourth-order valence-corrected chi connectivity index (χ4v) is 7.20. The minimum absolute atomic E-state index is 0. The number of hydrazine groups is 1. The molecule has 19 heteroatoms. The number of halogens is 2. The number of nitrogens with one attached hydrogen (secondary N) is 4. The van der Waals surface area contributed by atoms with Crippen LogP contribution in [0.2, 0.25) is 0 Å². The van der Waals surface area contributed by atoms with Crippen LogP contribution in [0.4, 0.5) is 9.59 Å². The van der Waals surface area contributed by atoms with Gasteiger partial charge in [-0.25, -0.2) is 14.6 Å². The number of hydrogen-bond donors (Lipinski definition) is 5. The molecule has 5 amide bonds. The van der Waals surface area contributed by atoms with Gasteiger partial charge >= 0.3 is 18.2 Å². The number of hydrogen-bond acceptors (Lipinski definition) is 12. The van der Waals surface area contributed by atoms with Crippen molar-refractivity contribution < 1.29 is 43.0 Å². The number of nitrogens with zero attached hydrogens (tertiary/aromatic N) is 3. The van der Waals surface area contributed by atoms with Crippen LogP contribution in [0.1, 0.15) is 58.2 Å². The van der Waals surface area contributed by atoms with E-state index in [0.29, 0.717) is 0 Å². The van der Waals surface area contributed by atoms with Gasteiger partial charge < -0.3 is 40.8 Å². The molecular formula is C50H68Cl2N8O9. The van der Waals surface area contributed by atoms with Gasteiger partial charge in [0.05, 0.1) is 38.5 Å². The first-order valence-electron chi connectivity index (χ1n) is 22.0. The highest BCUT2D eigenvalue weighted by atomic mass is 35.5. The summed E-state index contributed by atoms with van der Waals surface area (Å²) in [7, 11) is 3.83. The molecule has 1 heterocycles. The average molecular weight is 996 g/mol. The van der Waals surface area contributed by atoms with Gasteiger partial charge in [0.1, 0.15) is 24.7 Å². The van der Waals surface area contributed by atoms with Crippen LogP contribution >= 0.6 is 24.8 Å². The Labute approximate surface area is 417 Å². The second kappa shape index (κ2) is 27.7. The maximum Gasteiger partial charge on any atom is 0.407 e. The smallest absolute Gasteiger partial charge is 0.407 e. The summed E-state index contributed by atoms with van der Waals surface area (Å²) in [5, 5.41) is 9.85. The molecule has 0 fully saturated rings. The molecule has 6 N–H and O–H groups in total. The molecular weight excluding hydrogens is 928 g/mol. The summed E-state index contributed by atoms with van der Waals surface area (Å²) < 4.78 is 16.0. The number of aromatic nitrogens is 1. The molecule has 0 aliphatic rings. The number of alkyl carbamates (subject to hydrolysis) is 2. The van der Waals surface area contributed by atoms with Gasteiger partial charge in [-0.3, -0.25) is 29.6 Å². The molecule has 4 aromatic rings. The molecule has 0 unspecified atom stereocenters. The number of amides is 5. The van der Waals surface area contributed by atoms with Crippen LogP contribution in [0.25, 0.3) is 11.3 Å². The van der Waals surface area contributed by atoms with Crippen LogP contribution in [-0.4, -0.2) is 115 Å². The summed E-state index contributed by atoms with van der Waals surface area (Å²) in [6, 6.07) is 27.4. The number of esters is 1. The van der Waals surface area contributed by atoms with E-state index in [1.54, 1.807) is 47.7 Å². The predicted molar refractivity (Wildman–Crippen MR) is 268 cm³/mol. The molecule has 0 aliphatic carbocycles. The van der Waals surface area contributed by atoms with E-state index in [9.17, 15) is 28.8 Å². The molecule has 3 aromatic carbocycles. The fraction of sp³-hybridized carbons (Fsp3) is 0.420. The van der Waals surface area contributed by atoms with E-state index in [2.05, 4.69) is 26.4 Å². The maximum atomic E-state index is 14.4. The van der Waals surface area contributed by atoms with Crippen molar-refractivity contribution >= 4 is 60.7 Å². The van der Waals surface area contributed by atoms with Crippen molar-refractivity contribution in [1.82, 2.24) is 36.3 Å². The molecule has 0 aliphatic heterocycles. The van der Waals surface area contributed by atoms with Crippen molar-refractivity contribution in [1.29, 1.82) is 0 Å². The minimum atomic E-state index is -1.24. The van der Waals surface area contributed by atoms with Crippen molar-refractivity contribution in [3.63, 3.8) is 0 Å². The number of nitrogens with two attached hydrogens (primary N) is 1. The largest absolute Gasteiger partial charge is 0.457 e. The highest BCUT2D eigenvalue weighted by Gasteiger charge is 2.39. The third-order valence-electron chi connectivity index (χ3n) is 10.8. The molecule has 0 saturated heterocycles. The first-order valence-corrected chi connectivity index (χ1v) is 22.0. The van der Waals surface area contributed by atoms with Crippen LogP contribution in [0.15, 0.2) is 109 Å². The topological polar surface area (TPSA) is 224 Å². The Kier molecular flexibility index (Phi) is 23.6. The highest BCUT2D eigenvalue weighted by Crippen LogP contribution is 2.23. The van der Waals surface area contributed by atoms with Gasteiger partial charge in [0, 0.05) is 25.4 Å². The number of likely N-dealkylation sites (N-methyl/N-ethyl adjacent to an activating group) is 1. The Morgan fingerprint density at radius 1 is 0.652 bits per heavy atom. The standard InChI is InChI=1S/C50H66N8O9.2ClH/c1-49(2,3)42(54-47(63)65-8)44(60)53-39(29-34-20-14-11-15-21-34)40(67-41(59)32-57(7)46(62)37(51)28-33-18-12-10-13-19-33)31-58(56-45(61)43(50(4,5)6)55-48(64)66-9)30-35-23-25-36(26-24-35)38-22-16-17-27-52-38;;/h10-27,37,39-40,42-43H,28-32,51H2,1-9H3,(H,53,60)(H,54,63)(H,55,64)(H,56,61);2*1H/t37-,39-,40-,42+,43+;;/m0../s1. The molecule has 0 saturated carbocycles. The van der Waals surface area contributed by atoms with E-state index in [4.69, 9.17) is 19.9 Å². The zero-order valence-electron chi connectivity index (χ0n) is 40.7. The van der Waals surface area contributed by atoms with E-state index in [1.807, 2.05) is 103 Å². The second-order valence-corrected chi connectivity index (χ2v) is 18.5. The quantitative estimate of drug-likeness (QED) is 0.0413. The van der Waals surface area contributed by atoms with Crippen molar-refractivity contribution in [2.75, 3.05) is 34.4 Å². The highest BCUT2D eigenvalue weighted by molar-refractivity contribution is 5.88. The molecule has 17 nitrogen and oxygen atoms in total. The molecule has 4 rings (SSSR count). The lowest BCUT2D eigenvalue weighted by molar-refractivity contribution is -0.157. The lowest BCUT2D eigenvalue weighted by atomic mass is 9.85. The van der Waals surface area contributed by atoms with E-state index in [1.165, 1.54) is 31.2 Å². The first-order chi connectivity index (χ1) is 31.7. The zero-order chi connectivity index (χ0) is 49.3. The van der Waals surface area contributed by atoms with Gasteiger partial charge in [0.2, 0.25) is 11.8 Å². The Bertz CT molecular complexity index is 2250. The van der Waals surface area contributed by atoms with E-state index in [0.717, 1.165) is 27.9 Å². The van der Waals surface area contributed by atoms with Gasteiger partial charge in [-0.1, -0.05) is 133 Å². The molecule has 1 aromatic heterocycles. The average Bonchev–Trinajstić information content (AvgIpc) is 3.29. The maximum absolute atomic E-state index is 14.4. The SMILES string of the molecule is COC(=O)N[C@H](C(=O)N[C@@H](Cc1ccccc1)[C@H](CN(Cc1ccc(-c2ccccn2)cc1)NC(=O)[C@@H](NC(=O)OC)C(C)(C)C)OC(=O)CN(C)C(=O)[C@@H](N)Cc1ccccc1)C(C)(C)C.Cl.Cl. The Morgan fingerprint density at radius 2 is 1.16 bits per heavy atom. The summed E-state index contributed by atoms with van der Waals surface area (Å²) in [5.41, 5.74) is 11.6. The number of carbonyl (C=O) groups is 6. The van der Waals surface area contributed by atoms with Gasteiger partial charge in [-0.2, -0.15) is 0 Å². The van der Waals surface area contributed by atoms with E-state index < -0.39 is 83.5 Å². The Balaban J connectivity index is 0.00000817. The number of carbonyl (C=O) groups excluding carboxylic acids is 6. The predicted octanol–water partition coefficient (Wildman–Crippen LogP) is 5.63. The van der Waals surface area contributed by atoms with Gasteiger partial charge in [0.15, 0.2) is 0 Å². The number of rotatable bonds is 20. The molecule has 0 spiro atoms. The third-order valence-corrected chi connectivity index (χ3v) is 10.8. The molecule has 0 bridgehead atoms. The lowest BCUT2D eigenvalue weighted by Crippen LogP contribution is -2.61.